The van der Waals surface area contributed by atoms with E-state index in [0.717, 1.165) is 17.8 Å². The topological polar surface area (TPSA) is 29.1 Å². The average molecular weight is 235 g/mol. The third-order valence-electron chi connectivity index (χ3n) is 5.38. The van der Waals surface area contributed by atoms with E-state index in [4.69, 9.17) is 0 Å². The molecule has 17 heavy (non-hydrogen) atoms. The molecular formula is C15H25NO. The van der Waals surface area contributed by atoms with Gasteiger partial charge in [0.15, 0.2) is 0 Å². The highest BCUT2D eigenvalue weighted by atomic mass is 16.1. The zero-order chi connectivity index (χ0) is 11.8. The molecule has 2 nitrogen and oxygen atoms in total. The van der Waals surface area contributed by atoms with Crippen molar-refractivity contribution in [2.24, 2.45) is 23.7 Å². The summed E-state index contributed by atoms with van der Waals surface area (Å²) in [4.78, 5) is 12.1. The fourth-order valence-corrected chi connectivity index (χ4v) is 3.96. The predicted molar refractivity (Wildman–Crippen MR) is 68.5 cm³/mol. The first kappa shape index (κ1) is 11.6. The first-order chi connectivity index (χ1) is 8.26. The lowest BCUT2D eigenvalue weighted by molar-refractivity contribution is -0.126. The van der Waals surface area contributed by atoms with E-state index in [0.29, 0.717) is 17.9 Å². The van der Waals surface area contributed by atoms with Gasteiger partial charge in [-0.2, -0.15) is 0 Å². The summed E-state index contributed by atoms with van der Waals surface area (Å²) < 4.78 is 0. The fourth-order valence-electron chi connectivity index (χ4n) is 3.96. The van der Waals surface area contributed by atoms with Crippen molar-refractivity contribution in [1.29, 1.82) is 0 Å². The Balaban J connectivity index is 1.42. The Morgan fingerprint density at radius 1 is 1.06 bits per heavy atom. The van der Waals surface area contributed by atoms with E-state index in [9.17, 15) is 4.79 Å². The molecule has 0 aromatic carbocycles. The van der Waals surface area contributed by atoms with Gasteiger partial charge < -0.3 is 5.32 Å². The third-order valence-corrected chi connectivity index (χ3v) is 5.38. The van der Waals surface area contributed by atoms with Crippen LogP contribution in [0.2, 0.25) is 0 Å². The Morgan fingerprint density at radius 2 is 1.71 bits per heavy atom. The second-order valence-electron chi connectivity index (χ2n) is 6.56. The number of carbonyl (C=O) groups is 1. The van der Waals surface area contributed by atoms with Crippen molar-refractivity contribution < 1.29 is 4.79 Å². The van der Waals surface area contributed by atoms with Gasteiger partial charge in [0.25, 0.3) is 0 Å². The Labute approximate surface area is 105 Å². The summed E-state index contributed by atoms with van der Waals surface area (Å²) in [7, 11) is 0. The number of rotatable bonds is 3. The minimum atomic E-state index is 0.364. The lowest BCUT2D eigenvalue weighted by Crippen LogP contribution is -2.40. The zero-order valence-electron chi connectivity index (χ0n) is 11.0. The molecule has 0 radical (unpaired) electrons. The quantitative estimate of drug-likeness (QED) is 0.800. The number of nitrogens with one attached hydrogen (secondary N) is 1. The second kappa shape index (κ2) is 4.62. The molecule has 0 aromatic rings. The van der Waals surface area contributed by atoms with Crippen LogP contribution in [0.15, 0.2) is 0 Å². The number of carbonyl (C=O) groups excluding carboxylic acids is 1. The van der Waals surface area contributed by atoms with Crippen molar-refractivity contribution in [2.45, 2.75) is 64.3 Å². The lowest BCUT2D eigenvalue weighted by atomic mass is 9.84. The zero-order valence-corrected chi connectivity index (χ0v) is 11.0. The van der Waals surface area contributed by atoms with Crippen LogP contribution in [0.3, 0.4) is 0 Å². The normalized spacial score (nSPS) is 44.2. The number of hydrogen-bond donors (Lipinski definition) is 1. The maximum Gasteiger partial charge on any atom is 0.223 e. The molecule has 0 aliphatic heterocycles. The molecule has 3 aliphatic rings. The van der Waals surface area contributed by atoms with Crippen LogP contribution in [0.5, 0.6) is 0 Å². The van der Waals surface area contributed by atoms with Gasteiger partial charge in [-0.1, -0.05) is 13.3 Å². The van der Waals surface area contributed by atoms with Gasteiger partial charge in [0.2, 0.25) is 5.91 Å². The van der Waals surface area contributed by atoms with Crippen molar-refractivity contribution in [3.8, 4) is 0 Å². The molecule has 3 saturated carbocycles. The molecule has 2 heteroatoms. The van der Waals surface area contributed by atoms with E-state index in [1.165, 1.54) is 51.4 Å². The van der Waals surface area contributed by atoms with Gasteiger partial charge in [-0.3, -0.25) is 4.79 Å². The van der Waals surface area contributed by atoms with Crippen LogP contribution in [0.25, 0.3) is 0 Å². The molecule has 2 unspecified atom stereocenters. The van der Waals surface area contributed by atoms with Gasteiger partial charge in [0.05, 0.1) is 0 Å². The monoisotopic (exact) mass is 235 g/mol. The summed E-state index contributed by atoms with van der Waals surface area (Å²) in [5, 5.41) is 3.31. The molecule has 0 aromatic heterocycles. The maximum atomic E-state index is 12.1. The summed E-state index contributed by atoms with van der Waals surface area (Å²) in [6, 6.07) is 0.488. The molecule has 2 atom stereocenters. The molecule has 1 amide bonds. The first-order valence-electron chi connectivity index (χ1n) is 7.56. The van der Waals surface area contributed by atoms with Crippen LogP contribution in [0.4, 0.5) is 0 Å². The minimum absolute atomic E-state index is 0.364. The molecule has 0 spiro atoms. The van der Waals surface area contributed by atoms with E-state index < -0.39 is 0 Å². The summed E-state index contributed by atoms with van der Waals surface area (Å²) in [6.45, 7) is 2.29. The van der Waals surface area contributed by atoms with Crippen LogP contribution in [0.1, 0.15) is 58.3 Å². The molecule has 3 fully saturated rings. The van der Waals surface area contributed by atoms with Gasteiger partial charge in [0.1, 0.15) is 0 Å². The molecule has 0 heterocycles. The Hall–Kier alpha value is -0.530. The van der Waals surface area contributed by atoms with E-state index in [1.807, 2.05) is 0 Å². The van der Waals surface area contributed by atoms with Crippen LogP contribution in [0, 0.1) is 23.7 Å². The summed E-state index contributed by atoms with van der Waals surface area (Å²) >= 11 is 0. The standard InChI is InChI=1S/C15H25NO/c1-2-10-3-5-14(6-4-10)16-15(17)13-8-11-7-12(11)9-13/h10-14H,2-9H2,1H3,(H,16,17). The number of fused-ring (bicyclic) bond motifs is 1. The van der Waals surface area contributed by atoms with Gasteiger partial charge in [-0.05, 0) is 62.7 Å². The predicted octanol–water partition coefficient (Wildman–Crippen LogP) is 3.12. The molecule has 3 rings (SSSR count). The summed E-state index contributed by atoms with van der Waals surface area (Å²) in [5.41, 5.74) is 0. The van der Waals surface area contributed by atoms with Gasteiger partial charge >= 0.3 is 0 Å². The first-order valence-corrected chi connectivity index (χ1v) is 7.56. The number of amides is 1. The number of hydrogen-bond acceptors (Lipinski definition) is 1. The van der Waals surface area contributed by atoms with Gasteiger partial charge in [-0.25, -0.2) is 0 Å². The van der Waals surface area contributed by atoms with Gasteiger partial charge in [-0.15, -0.1) is 0 Å². The second-order valence-corrected chi connectivity index (χ2v) is 6.56. The van der Waals surface area contributed by atoms with E-state index in [-0.39, 0.29) is 0 Å². The fraction of sp³-hybridized carbons (Fsp3) is 0.933. The highest BCUT2D eigenvalue weighted by Gasteiger charge is 2.48. The van der Waals surface area contributed by atoms with E-state index in [1.54, 1.807) is 0 Å². The van der Waals surface area contributed by atoms with Crippen LogP contribution in [-0.4, -0.2) is 11.9 Å². The smallest absolute Gasteiger partial charge is 0.223 e. The highest BCUT2D eigenvalue weighted by Crippen LogP contribution is 2.54. The Kier molecular flexibility index (Phi) is 3.14. The Bertz CT molecular complexity index is 283. The highest BCUT2D eigenvalue weighted by molar-refractivity contribution is 5.79. The maximum absolute atomic E-state index is 12.1. The minimum Gasteiger partial charge on any atom is -0.353 e. The third kappa shape index (κ3) is 2.51. The molecular weight excluding hydrogens is 210 g/mol. The van der Waals surface area contributed by atoms with Crippen molar-refractivity contribution in [1.82, 2.24) is 5.32 Å². The lowest BCUT2D eigenvalue weighted by Gasteiger charge is -2.29. The van der Waals surface area contributed by atoms with Crippen molar-refractivity contribution >= 4 is 5.91 Å². The Morgan fingerprint density at radius 3 is 2.29 bits per heavy atom. The van der Waals surface area contributed by atoms with Crippen molar-refractivity contribution in [3.05, 3.63) is 0 Å². The average Bonchev–Trinajstić information content (AvgIpc) is 2.97. The SMILES string of the molecule is CCC1CCC(NC(=O)C2CC3CC3C2)CC1. The molecule has 96 valence electrons. The summed E-state index contributed by atoms with van der Waals surface area (Å²) in [5.74, 6) is 3.49. The van der Waals surface area contributed by atoms with E-state index >= 15 is 0 Å². The molecule has 0 bridgehead atoms. The van der Waals surface area contributed by atoms with Gasteiger partial charge in [0, 0.05) is 12.0 Å². The summed E-state index contributed by atoms with van der Waals surface area (Å²) in [6.07, 6.45) is 10.1. The molecule has 1 N–H and O–H groups in total. The largest absolute Gasteiger partial charge is 0.353 e. The molecule has 0 saturated heterocycles. The van der Waals surface area contributed by atoms with Crippen molar-refractivity contribution in [2.75, 3.05) is 0 Å². The van der Waals surface area contributed by atoms with E-state index in [2.05, 4.69) is 12.2 Å². The van der Waals surface area contributed by atoms with Crippen molar-refractivity contribution in [3.63, 3.8) is 0 Å². The van der Waals surface area contributed by atoms with Crippen LogP contribution in [-0.2, 0) is 4.79 Å². The van der Waals surface area contributed by atoms with Crippen LogP contribution < -0.4 is 5.32 Å². The van der Waals surface area contributed by atoms with Crippen LogP contribution >= 0.6 is 0 Å². The molecule has 3 aliphatic carbocycles.